The lowest BCUT2D eigenvalue weighted by molar-refractivity contribution is 0.0118. The zero-order chi connectivity index (χ0) is 12.9. The van der Waals surface area contributed by atoms with E-state index in [0.717, 1.165) is 31.8 Å². The van der Waals surface area contributed by atoms with Gasteiger partial charge in [0, 0.05) is 25.7 Å². The first-order valence-corrected chi connectivity index (χ1v) is 7.52. The second-order valence-electron chi connectivity index (χ2n) is 5.31. The first-order valence-electron chi connectivity index (χ1n) is 6.13. The largest absolute Gasteiger partial charge is 0.444 e. The van der Waals surface area contributed by atoms with Crippen molar-refractivity contribution >= 4 is 17.9 Å². The maximum Gasteiger partial charge on any atom is 0.410 e. The first kappa shape index (κ1) is 14.6. The Morgan fingerprint density at radius 3 is 2.82 bits per heavy atom. The molecule has 1 N–H and O–H groups in total. The molecule has 0 saturated carbocycles. The monoisotopic (exact) mass is 260 g/mol. The molecule has 0 bridgehead atoms. The fraction of sp³-hybridized carbons (Fsp3) is 0.917. The molecule has 1 saturated heterocycles. The summed E-state index contributed by atoms with van der Waals surface area (Å²) in [6, 6.07) is 0.269. The standard InChI is InChI=1S/C12H24N2O2S/c1-12(2,3)16-11(15)14-7-6-13-9-10(14)5-8-17-4/h10,13H,5-9H2,1-4H3. The summed E-state index contributed by atoms with van der Waals surface area (Å²) in [4.78, 5) is 13.9. The van der Waals surface area contributed by atoms with Gasteiger partial charge in [-0.15, -0.1) is 0 Å². The SMILES string of the molecule is CSCCC1CNCCN1C(=O)OC(C)(C)C. The molecule has 0 radical (unpaired) electrons. The number of hydrogen-bond donors (Lipinski definition) is 1. The predicted molar refractivity (Wildman–Crippen MR) is 72.6 cm³/mol. The van der Waals surface area contributed by atoms with Gasteiger partial charge in [0.1, 0.15) is 5.60 Å². The third-order valence-electron chi connectivity index (χ3n) is 2.63. The molecule has 1 fully saturated rings. The van der Waals surface area contributed by atoms with Crippen LogP contribution in [0.3, 0.4) is 0 Å². The summed E-state index contributed by atoms with van der Waals surface area (Å²) >= 11 is 1.82. The van der Waals surface area contributed by atoms with Gasteiger partial charge in [0.2, 0.25) is 0 Å². The molecule has 0 aromatic carbocycles. The van der Waals surface area contributed by atoms with Gasteiger partial charge < -0.3 is 15.0 Å². The minimum absolute atomic E-state index is 0.176. The van der Waals surface area contributed by atoms with E-state index in [1.807, 2.05) is 37.4 Å². The van der Waals surface area contributed by atoms with Gasteiger partial charge in [0.25, 0.3) is 0 Å². The lowest BCUT2D eigenvalue weighted by Gasteiger charge is -2.37. The number of amides is 1. The normalized spacial score (nSPS) is 21.4. The fourth-order valence-corrected chi connectivity index (χ4v) is 2.34. The summed E-state index contributed by atoms with van der Waals surface area (Å²) in [5, 5.41) is 3.33. The minimum atomic E-state index is -0.411. The average Bonchev–Trinajstić information content (AvgIpc) is 2.24. The summed E-state index contributed by atoms with van der Waals surface area (Å²) in [7, 11) is 0. The molecule has 1 atom stereocenters. The molecular weight excluding hydrogens is 236 g/mol. The Kier molecular flexibility index (Phi) is 5.59. The Morgan fingerprint density at radius 1 is 1.53 bits per heavy atom. The zero-order valence-corrected chi connectivity index (χ0v) is 12.1. The van der Waals surface area contributed by atoms with Gasteiger partial charge in [0.05, 0.1) is 0 Å². The van der Waals surface area contributed by atoms with Crippen molar-refractivity contribution in [2.75, 3.05) is 31.6 Å². The third-order valence-corrected chi connectivity index (χ3v) is 3.28. The van der Waals surface area contributed by atoms with Crippen molar-refractivity contribution < 1.29 is 9.53 Å². The number of carbonyl (C=O) groups excluding carboxylic acids is 1. The predicted octanol–water partition coefficient (Wildman–Crippen LogP) is 1.95. The van der Waals surface area contributed by atoms with Crippen LogP contribution < -0.4 is 5.32 Å². The van der Waals surface area contributed by atoms with Crippen molar-refractivity contribution in [2.24, 2.45) is 0 Å². The molecule has 1 aliphatic rings. The molecule has 17 heavy (non-hydrogen) atoms. The van der Waals surface area contributed by atoms with Gasteiger partial charge >= 0.3 is 6.09 Å². The van der Waals surface area contributed by atoms with E-state index in [1.165, 1.54) is 0 Å². The van der Waals surface area contributed by atoms with Crippen LogP contribution in [-0.4, -0.2) is 54.3 Å². The molecule has 1 rings (SSSR count). The Morgan fingerprint density at radius 2 is 2.24 bits per heavy atom. The lowest BCUT2D eigenvalue weighted by Crippen LogP contribution is -2.54. The van der Waals surface area contributed by atoms with Crippen molar-refractivity contribution in [3.63, 3.8) is 0 Å². The molecule has 0 aliphatic carbocycles. The number of thioether (sulfide) groups is 1. The number of nitrogens with one attached hydrogen (secondary N) is 1. The smallest absolute Gasteiger partial charge is 0.410 e. The van der Waals surface area contributed by atoms with E-state index in [9.17, 15) is 4.79 Å². The Labute approximate surface area is 108 Å². The van der Waals surface area contributed by atoms with Crippen LogP contribution in [0, 0.1) is 0 Å². The molecular formula is C12H24N2O2S. The van der Waals surface area contributed by atoms with Gasteiger partial charge in [-0.2, -0.15) is 11.8 Å². The molecule has 1 aliphatic heterocycles. The molecule has 4 nitrogen and oxygen atoms in total. The van der Waals surface area contributed by atoms with E-state index in [4.69, 9.17) is 4.74 Å². The maximum atomic E-state index is 12.1. The highest BCUT2D eigenvalue weighted by molar-refractivity contribution is 7.98. The fourth-order valence-electron chi connectivity index (χ4n) is 1.83. The van der Waals surface area contributed by atoms with Crippen molar-refractivity contribution in [1.29, 1.82) is 0 Å². The van der Waals surface area contributed by atoms with Gasteiger partial charge in [-0.1, -0.05) is 0 Å². The van der Waals surface area contributed by atoms with E-state index >= 15 is 0 Å². The Bertz CT molecular complexity index is 253. The van der Waals surface area contributed by atoms with Crippen LogP contribution in [0.4, 0.5) is 4.79 Å². The topological polar surface area (TPSA) is 41.6 Å². The van der Waals surface area contributed by atoms with Crippen LogP contribution in [0.25, 0.3) is 0 Å². The van der Waals surface area contributed by atoms with Gasteiger partial charge in [0.15, 0.2) is 0 Å². The van der Waals surface area contributed by atoms with E-state index in [1.54, 1.807) is 0 Å². The number of rotatable bonds is 3. The third kappa shape index (κ3) is 5.17. The van der Waals surface area contributed by atoms with E-state index in [0.29, 0.717) is 0 Å². The zero-order valence-electron chi connectivity index (χ0n) is 11.3. The highest BCUT2D eigenvalue weighted by atomic mass is 32.2. The molecule has 100 valence electrons. The minimum Gasteiger partial charge on any atom is -0.444 e. The Hall–Kier alpha value is -0.420. The summed E-state index contributed by atoms with van der Waals surface area (Å²) in [5.41, 5.74) is -0.411. The van der Waals surface area contributed by atoms with Crippen LogP contribution >= 0.6 is 11.8 Å². The number of piperazine rings is 1. The summed E-state index contributed by atoms with van der Waals surface area (Å²) in [6.45, 7) is 8.20. The summed E-state index contributed by atoms with van der Waals surface area (Å²) < 4.78 is 5.44. The van der Waals surface area contributed by atoms with Crippen LogP contribution in [0.2, 0.25) is 0 Å². The molecule has 5 heteroatoms. The van der Waals surface area contributed by atoms with Crippen LogP contribution in [-0.2, 0) is 4.74 Å². The van der Waals surface area contributed by atoms with Gasteiger partial charge in [-0.05, 0) is 39.2 Å². The highest BCUT2D eigenvalue weighted by Crippen LogP contribution is 2.15. The Balaban J connectivity index is 2.54. The van der Waals surface area contributed by atoms with Gasteiger partial charge in [-0.3, -0.25) is 0 Å². The van der Waals surface area contributed by atoms with Crippen molar-refractivity contribution in [3.05, 3.63) is 0 Å². The van der Waals surface area contributed by atoms with E-state index < -0.39 is 5.60 Å². The van der Waals surface area contributed by atoms with Crippen LogP contribution in [0.1, 0.15) is 27.2 Å². The molecule has 0 aromatic rings. The molecule has 0 aromatic heterocycles. The number of carbonyl (C=O) groups is 1. The van der Waals surface area contributed by atoms with E-state index in [2.05, 4.69) is 11.6 Å². The second-order valence-corrected chi connectivity index (χ2v) is 6.30. The molecule has 1 amide bonds. The summed E-state index contributed by atoms with van der Waals surface area (Å²) in [5.74, 6) is 1.08. The number of hydrogen-bond acceptors (Lipinski definition) is 4. The second kappa shape index (κ2) is 6.50. The molecule has 1 unspecified atom stereocenters. The van der Waals surface area contributed by atoms with Crippen LogP contribution in [0.5, 0.6) is 0 Å². The van der Waals surface area contributed by atoms with E-state index in [-0.39, 0.29) is 12.1 Å². The first-order chi connectivity index (χ1) is 7.94. The van der Waals surface area contributed by atoms with Crippen LogP contribution in [0.15, 0.2) is 0 Å². The lowest BCUT2D eigenvalue weighted by atomic mass is 10.1. The molecule has 0 spiro atoms. The number of ether oxygens (including phenoxy) is 1. The average molecular weight is 260 g/mol. The summed E-state index contributed by atoms with van der Waals surface area (Å²) in [6.07, 6.45) is 2.94. The van der Waals surface area contributed by atoms with Crippen molar-refractivity contribution in [1.82, 2.24) is 10.2 Å². The van der Waals surface area contributed by atoms with Gasteiger partial charge in [-0.25, -0.2) is 4.79 Å². The quantitative estimate of drug-likeness (QED) is 0.842. The highest BCUT2D eigenvalue weighted by Gasteiger charge is 2.29. The number of nitrogens with zero attached hydrogens (tertiary/aromatic N) is 1. The maximum absolute atomic E-state index is 12.1. The van der Waals surface area contributed by atoms with Crippen molar-refractivity contribution in [3.8, 4) is 0 Å². The van der Waals surface area contributed by atoms with Crippen molar-refractivity contribution in [2.45, 2.75) is 38.8 Å². The molecule has 1 heterocycles.